The first-order chi connectivity index (χ1) is 7.18. The molecule has 0 saturated heterocycles. The molecule has 0 aliphatic heterocycles. The Balaban J connectivity index is 4.37. The van der Waals surface area contributed by atoms with Crippen LogP contribution in [0.5, 0.6) is 0 Å². The van der Waals surface area contributed by atoms with Crippen molar-refractivity contribution in [2.45, 2.75) is 47.1 Å². The third-order valence-electron chi connectivity index (χ3n) is 2.70. The van der Waals surface area contributed by atoms with Crippen LogP contribution < -0.4 is 5.73 Å². The predicted molar refractivity (Wildman–Crippen MR) is 69.1 cm³/mol. The normalized spacial score (nSPS) is 13.4. The molecule has 0 saturated carbocycles. The van der Waals surface area contributed by atoms with Crippen molar-refractivity contribution >= 4 is 5.91 Å². The second kappa shape index (κ2) is 6.04. The molecule has 0 aliphatic carbocycles. The summed E-state index contributed by atoms with van der Waals surface area (Å²) in [7, 11) is 0. The SMILES string of the molecule is C=C(C)CN(CC)C(=O)CC(N)C(C)(C)C. The van der Waals surface area contributed by atoms with Gasteiger partial charge in [0.15, 0.2) is 0 Å². The number of likely N-dealkylation sites (N-methyl/N-ethyl adjacent to an activating group) is 1. The summed E-state index contributed by atoms with van der Waals surface area (Å²) in [6.45, 7) is 15.2. The molecule has 0 aromatic carbocycles. The van der Waals surface area contributed by atoms with E-state index in [0.29, 0.717) is 19.5 Å². The van der Waals surface area contributed by atoms with Gasteiger partial charge in [-0.15, -0.1) is 0 Å². The molecule has 0 aliphatic rings. The Kier molecular flexibility index (Phi) is 5.73. The van der Waals surface area contributed by atoms with Crippen LogP contribution in [0.1, 0.15) is 41.0 Å². The average molecular weight is 226 g/mol. The number of carbonyl (C=O) groups is 1. The molecule has 0 radical (unpaired) electrons. The van der Waals surface area contributed by atoms with Gasteiger partial charge in [0.2, 0.25) is 5.91 Å². The largest absolute Gasteiger partial charge is 0.339 e. The molecule has 0 rings (SSSR count). The minimum Gasteiger partial charge on any atom is -0.339 e. The van der Waals surface area contributed by atoms with Gasteiger partial charge < -0.3 is 10.6 Å². The van der Waals surface area contributed by atoms with Crippen molar-refractivity contribution in [1.82, 2.24) is 4.90 Å². The quantitative estimate of drug-likeness (QED) is 0.730. The highest BCUT2D eigenvalue weighted by atomic mass is 16.2. The van der Waals surface area contributed by atoms with Gasteiger partial charge in [0.1, 0.15) is 0 Å². The van der Waals surface area contributed by atoms with E-state index in [-0.39, 0.29) is 17.4 Å². The minimum atomic E-state index is -0.0980. The number of carbonyl (C=O) groups excluding carboxylic acids is 1. The molecular formula is C13H26N2O. The molecule has 3 heteroatoms. The Bertz CT molecular complexity index is 253. The van der Waals surface area contributed by atoms with Crippen molar-refractivity contribution < 1.29 is 4.79 Å². The Labute approximate surface area is 99.7 Å². The van der Waals surface area contributed by atoms with Gasteiger partial charge in [0, 0.05) is 25.6 Å². The van der Waals surface area contributed by atoms with Gasteiger partial charge >= 0.3 is 0 Å². The third-order valence-corrected chi connectivity index (χ3v) is 2.70. The van der Waals surface area contributed by atoms with E-state index in [4.69, 9.17) is 5.73 Å². The summed E-state index contributed by atoms with van der Waals surface area (Å²) >= 11 is 0. The van der Waals surface area contributed by atoms with Crippen molar-refractivity contribution in [3.8, 4) is 0 Å². The summed E-state index contributed by atoms with van der Waals surface area (Å²) in [6.07, 6.45) is 0.407. The molecule has 0 aromatic rings. The molecule has 1 amide bonds. The molecule has 94 valence electrons. The summed E-state index contributed by atoms with van der Waals surface area (Å²) in [4.78, 5) is 13.8. The minimum absolute atomic E-state index is 0.0295. The maximum absolute atomic E-state index is 12.0. The van der Waals surface area contributed by atoms with E-state index in [1.54, 1.807) is 4.90 Å². The maximum atomic E-state index is 12.0. The van der Waals surface area contributed by atoms with E-state index in [1.807, 2.05) is 13.8 Å². The molecule has 2 N–H and O–H groups in total. The van der Waals surface area contributed by atoms with Gasteiger partial charge in [-0.3, -0.25) is 4.79 Å². The topological polar surface area (TPSA) is 46.3 Å². The van der Waals surface area contributed by atoms with E-state index >= 15 is 0 Å². The molecule has 1 atom stereocenters. The number of hydrogen-bond acceptors (Lipinski definition) is 2. The lowest BCUT2D eigenvalue weighted by molar-refractivity contribution is -0.131. The van der Waals surface area contributed by atoms with Crippen LogP contribution in [-0.2, 0) is 4.79 Å². The fourth-order valence-electron chi connectivity index (χ4n) is 1.33. The first-order valence-corrected chi connectivity index (χ1v) is 5.86. The fraction of sp³-hybridized carbons (Fsp3) is 0.769. The molecule has 3 nitrogen and oxygen atoms in total. The van der Waals surface area contributed by atoms with E-state index in [9.17, 15) is 4.79 Å². The molecule has 0 aromatic heterocycles. The van der Waals surface area contributed by atoms with E-state index in [1.165, 1.54) is 0 Å². The lowest BCUT2D eigenvalue weighted by Crippen LogP contribution is -2.42. The number of rotatable bonds is 5. The summed E-state index contributed by atoms with van der Waals surface area (Å²) in [6, 6.07) is -0.0980. The van der Waals surface area contributed by atoms with Gasteiger partial charge in [-0.25, -0.2) is 0 Å². The Hall–Kier alpha value is -0.830. The maximum Gasteiger partial charge on any atom is 0.224 e. The molecule has 1 unspecified atom stereocenters. The summed E-state index contributed by atoms with van der Waals surface area (Å²) in [5.74, 6) is 0.118. The van der Waals surface area contributed by atoms with Crippen LogP contribution in [0, 0.1) is 5.41 Å². The van der Waals surface area contributed by atoms with Crippen molar-refractivity contribution in [2.24, 2.45) is 11.1 Å². The number of nitrogens with zero attached hydrogens (tertiary/aromatic N) is 1. The van der Waals surface area contributed by atoms with E-state index < -0.39 is 0 Å². The molecule has 0 spiro atoms. The number of nitrogens with two attached hydrogens (primary N) is 1. The summed E-state index contributed by atoms with van der Waals surface area (Å²) < 4.78 is 0. The highest BCUT2D eigenvalue weighted by Crippen LogP contribution is 2.20. The molecular weight excluding hydrogens is 200 g/mol. The van der Waals surface area contributed by atoms with Gasteiger partial charge in [-0.05, 0) is 19.3 Å². The van der Waals surface area contributed by atoms with Gasteiger partial charge in [0.25, 0.3) is 0 Å². The molecule has 16 heavy (non-hydrogen) atoms. The highest BCUT2D eigenvalue weighted by Gasteiger charge is 2.25. The Morgan fingerprint density at radius 3 is 2.25 bits per heavy atom. The third kappa shape index (κ3) is 5.31. The van der Waals surface area contributed by atoms with Gasteiger partial charge in [-0.2, -0.15) is 0 Å². The highest BCUT2D eigenvalue weighted by molar-refractivity contribution is 5.77. The van der Waals surface area contributed by atoms with Gasteiger partial charge in [-0.1, -0.05) is 32.9 Å². The lowest BCUT2D eigenvalue weighted by Gasteiger charge is -2.29. The standard InChI is InChI=1S/C13H26N2O/c1-7-15(9-10(2)3)12(16)8-11(14)13(4,5)6/h11H,2,7-9,14H2,1,3-6H3. The van der Waals surface area contributed by atoms with Crippen molar-refractivity contribution in [1.29, 1.82) is 0 Å². The first kappa shape index (κ1) is 15.2. The lowest BCUT2D eigenvalue weighted by atomic mass is 9.85. The number of amides is 1. The Morgan fingerprint density at radius 2 is 1.94 bits per heavy atom. The van der Waals surface area contributed by atoms with Crippen LogP contribution in [0.25, 0.3) is 0 Å². The molecule has 0 heterocycles. The van der Waals surface area contributed by atoms with Crippen LogP contribution in [0.15, 0.2) is 12.2 Å². The van der Waals surface area contributed by atoms with Crippen molar-refractivity contribution in [3.05, 3.63) is 12.2 Å². The van der Waals surface area contributed by atoms with Crippen LogP contribution in [0.4, 0.5) is 0 Å². The Morgan fingerprint density at radius 1 is 1.44 bits per heavy atom. The van der Waals surface area contributed by atoms with Crippen LogP contribution in [-0.4, -0.2) is 29.9 Å². The molecule has 0 bridgehead atoms. The van der Waals surface area contributed by atoms with Crippen molar-refractivity contribution in [3.63, 3.8) is 0 Å². The van der Waals surface area contributed by atoms with Crippen LogP contribution >= 0.6 is 0 Å². The zero-order valence-corrected chi connectivity index (χ0v) is 11.3. The second-order valence-electron chi connectivity index (χ2n) is 5.54. The average Bonchev–Trinajstić information content (AvgIpc) is 2.11. The zero-order chi connectivity index (χ0) is 12.9. The van der Waals surface area contributed by atoms with Crippen LogP contribution in [0.3, 0.4) is 0 Å². The van der Waals surface area contributed by atoms with Crippen molar-refractivity contribution in [2.75, 3.05) is 13.1 Å². The number of hydrogen-bond donors (Lipinski definition) is 1. The fourth-order valence-corrected chi connectivity index (χ4v) is 1.33. The second-order valence-corrected chi connectivity index (χ2v) is 5.54. The smallest absolute Gasteiger partial charge is 0.224 e. The monoisotopic (exact) mass is 226 g/mol. The molecule has 0 fully saturated rings. The first-order valence-electron chi connectivity index (χ1n) is 5.86. The zero-order valence-electron chi connectivity index (χ0n) is 11.3. The van der Waals surface area contributed by atoms with Crippen LogP contribution in [0.2, 0.25) is 0 Å². The summed E-state index contributed by atoms with van der Waals surface area (Å²) in [5, 5.41) is 0. The predicted octanol–water partition coefficient (Wildman–Crippen LogP) is 2.17. The van der Waals surface area contributed by atoms with Gasteiger partial charge in [0.05, 0.1) is 0 Å². The summed E-state index contributed by atoms with van der Waals surface area (Å²) in [5.41, 5.74) is 6.98. The van der Waals surface area contributed by atoms with E-state index in [2.05, 4.69) is 27.4 Å². The van der Waals surface area contributed by atoms with E-state index in [0.717, 1.165) is 5.57 Å².